The summed E-state index contributed by atoms with van der Waals surface area (Å²) in [6.45, 7) is 5.06. The molecule has 15 heavy (non-hydrogen) atoms. The Morgan fingerprint density at radius 2 is 2.20 bits per heavy atom. The molecule has 1 rings (SSSR count). The molecule has 3 heteroatoms. The molecular weight excluding hydrogens is 190 g/mol. The van der Waals surface area contributed by atoms with Crippen molar-refractivity contribution in [1.29, 1.82) is 0 Å². The molecule has 0 aromatic heterocycles. The van der Waals surface area contributed by atoms with Gasteiger partial charge < -0.3 is 15.2 Å². The van der Waals surface area contributed by atoms with Crippen molar-refractivity contribution >= 4 is 0 Å². The molecule has 0 radical (unpaired) electrons. The van der Waals surface area contributed by atoms with Crippen molar-refractivity contribution < 1.29 is 9.47 Å². The maximum Gasteiger partial charge on any atom is 0.0876 e. The molecule has 0 saturated heterocycles. The van der Waals surface area contributed by atoms with E-state index in [0.29, 0.717) is 0 Å². The van der Waals surface area contributed by atoms with Gasteiger partial charge in [0.2, 0.25) is 0 Å². The largest absolute Gasteiger partial charge is 0.501 e. The van der Waals surface area contributed by atoms with Crippen LogP contribution in [0.2, 0.25) is 0 Å². The zero-order valence-corrected chi connectivity index (χ0v) is 10.1. The zero-order chi connectivity index (χ0) is 11.3. The van der Waals surface area contributed by atoms with Gasteiger partial charge in [0.1, 0.15) is 0 Å². The van der Waals surface area contributed by atoms with Crippen LogP contribution in [-0.2, 0) is 9.47 Å². The molecule has 0 bridgehead atoms. The Morgan fingerprint density at radius 3 is 2.60 bits per heavy atom. The Morgan fingerprint density at radius 1 is 1.53 bits per heavy atom. The first kappa shape index (κ1) is 12.5. The predicted octanol–water partition coefficient (Wildman–Crippen LogP) is 2.21. The third-order valence-electron chi connectivity index (χ3n) is 3.53. The molecule has 0 fully saturated rings. The highest BCUT2D eigenvalue weighted by molar-refractivity contribution is 5.15. The van der Waals surface area contributed by atoms with Crippen molar-refractivity contribution in [3.63, 3.8) is 0 Å². The molecule has 0 aromatic rings. The minimum atomic E-state index is -0.230. The van der Waals surface area contributed by atoms with Crippen molar-refractivity contribution in [2.75, 3.05) is 13.7 Å². The van der Waals surface area contributed by atoms with Crippen LogP contribution < -0.4 is 5.73 Å². The Labute approximate surface area is 92.6 Å². The van der Waals surface area contributed by atoms with Crippen LogP contribution in [0, 0.1) is 0 Å². The summed E-state index contributed by atoms with van der Waals surface area (Å²) in [5.74, 6) is 0. The quantitative estimate of drug-likeness (QED) is 0.761. The van der Waals surface area contributed by atoms with Gasteiger partial charge in [0.05, 0.1) is 24.5 Å². The maximum absolute atomic E-state index is 6.29. The van der Waals surface area contributed by atoms with Gasteiger partial charge in [-0.05, 0) is 31.3 Å². The van der Waals surface area contributed by atoms with Crippen LogP contribution in [-0.4, -0.2) is 25.4 Å². The van der Waals surface area contributed by atoms with Crippen LogP contribution in [0.1, 0.15) is 39.5 Å². The van der Waals surface area contributed by atoms with E-state index in [1.54, 1.807) is 7.11 Å². The fourth-order valence-electron chi connectivity index (χ4n) is 2.26. The molecule has 0 aliphatic carbocycles. The number of hydrogen-bond acceptors (Lipinski definition) is 3. The summed E-state index contributed by atoms with van der Waals surface area (Å²) < 4.78 is 11.0. The second kappa shape index (κ2) is 5.52. The van der Waals surface area contributed by atoms with Gasteiger partial charge >= 0.3 is 0 Å². The first-order valence-corrected chi connectivity index (χ1v) is 5.81. The maximum atomic E-state index is 6.29. The Balaban J connectivity index is 2.78. The highest BCUT2D eigenvalue weighted by Gasteiger charge is 2.35. The van der Waals surface area contributed by atoms with E-state index >= 15 is 0 Å². The fraction of sp³-hybridized carbons (Fsp3) is 0.833. The molecule has 1 heterocycles. The Hall–Kier alpha value is -0.540. The first-order valence-electron chi connectivity index (χ1n) is 5.81. The Bertz CT molecular complexity index is 213. The van der Waals surface area contributed by atoms with Crippen LogP contribution in [0.3, 0.4) is 0 Å². The molecule has 0 spiro atoms. The molecule has 2 N–H and O–H groups in total. The summed E-state index contributed by atoms with van der Waals surface area (Å²) in [5.41, 5.74) is 7.24. The highest BCUT2D eigenvalue weighted by atomic mass is 16.5. The molecule has 88 valence electrons. The number of rotatable bonds is 5. The van der Waals surface area contributed by atoms with E-state index in [4.69, 9.17) is 15.2 Å². The van der Waals surface area contributed by atoms with Gasteiger partial charge in [-0.2, -0.15) is 0 Å². The SMILES string of the molecule is CCC(CC)(OC)C(N)C1=COCCC1. The van der Waals surface area contributed by atoms with Crippen molar-refractivity contribution in [2.24, 2.45) is 5.73 Å². The number of methoxy groups -OCH3 is 1. The van der Waals surface area contributed by atoms with Crippen molar-refractivity contribution in [3.05, 3.63) is 11.8 Å². The van der Waals surface area contributed by atoms with Crippen molar-refractivity contribution in [3.8, 4) is 0 Å². The lowest BCUT2D eigenvalue weighted by Crippen LogP contribution is -2.50. The van der Waals surface area contributed by atoms with Gasteiger partial charge in [0.15, 0.2) is 0 Å². The fourth-order valence-corrected chi connectivity index (χ4v) is 2.26. The molecule has 0 amide bonds. The smallest absolute Gasteiger partial charge is 0.0876 e. The summed E-state index contributed by atoms with van der Waals surface area (Å²) in [6.07, 6.45) is 5.78. The molecule has 1 atom stereocenters. The lowest BCUT2D eigenvalue weighted by molar-refractivity contribution is -0.0311. The molecule has 1 aliphatic heterocycles. The summed E-state index contributed by atoms with van der Waals surface area (Å²) in [6, 6.07) is -0.0437. The molecule has 0 saturated carbocycles. The third-order valence-corrected chi connectivity index (χ3v) is 3.53. The van der Waals surface area contributed by atoms with Gasteiger partial charge in [-0.25, -0.2) is 0 Å². The standard InChI is InChI=1S/C12H23NO2/c1-4-12(5-2,14-3)11(13)10-7-6-8-15-9-10/h9,11H,4-8,13H2,1-3H3. The van der Waals surface area contributed by atoms with Gasteiger partial charge in [-0.15, -0.1) is 0 Å². The van der Waals surface area contributed by atoms with Crippen molar-refractivity contribution in [1.82, 2.24) is 0 Å². The summed E-state index contributed by atoms with van der Waals surface area (Å²) in [4.78, 5) is 0. The lowest BCUT2D eigenvalue weighted by Gasteiger charge is -2.38. The average molecular weight is 213 g/mol. The normalized spacial score (nSPS) is 19.3. The predicted molar refractivity (Wildman–Crippen MR) is 61.6 cm³/mol. The van der Waals surface area contributed by atoms with E-state index < -0.39 is 0 Å². The Kier molecular flexibility index (Phi) is 4.61. The molecular formula is C12H23NO2. The lowest BCUT2D eigenvalue weighted by atomic mass is 9.83. The van der Waals surface area contributed by atoms with Crippen LogP contribution in [0.5, 0.6) is 0 Å². The van der Waals surface area contributed by atoms with E-state index in [1.807, 2.05) is 6.26 Å². The second-order valence-corrected chi connectivity index (χ2v) is 4.12. The average Bonchev–Trinajstić information content (AvgIpc) is 2.33. The van der Waals surface area contributed by atoms with Gasteiger partial charge in [0.25, 0.3) is 0 Å². The molecule has 3 nitrogen and oxygen atoms in total. The van der Waals surface area contributed by atoms with E-state index in [-0.39, 0.29) is 11.6 Å². The molecule has 1 aliphatic rings. The number of ether oxygens (including phenoxy) is 2. The van der Waals surface area contributed by atoms with Crippen LogP contribution >= 0.6 is 0 Å². The summed E-state index contributed by atoms with van der Waals surface area (Å²) >= 11 is 0. The number of hydrogen-bond donors (Lipinski definition) is 1. The van der Waals surface area contributed by atoms with E-state index in [9.17, 15) is 0 Å². The van der Waals surface area contributed by atoms with Crippen LogP contribution in [0.15, 0.2) is 11.8 Å². The highest BCUT2D eigenvalue weighted by Crippen LogP contribution is 2.30. The summed E-state index contributed by atoms with van der Waals surface area (Å²) in [5, 5.41) is 0. The van der Waals surface area contributed by atoms with Gasteiger partial charge in [-0.1, -0.05) is 13.8 Å². The van der Waals surface area contributed by atoms with Crippen LogP contribution in [0.4, 0.5) is 0 Å². The second-order valence-electron chi connectivity index (χ2n) is 4.12. The van der Waals surface area contributed by atoms with E-state index in [1.165, 1.54) is 5.57 Å². The first-order chi connectivity index (χ1) is 7.20. The zero-order valence-electron chi connectivity index (χ0n) is 10.1. The van der Waals surface area contributed by atoms with Crippen LogP contribution in [0.25, 0.3) is 0 Å². The molecule has 0 aromatic carbocycles. The minimum Gasteiger partial charge on any atom is -0.501 e. The third kappa shape index (κ3) is 2.52. The van der Waals surface area contributed by atoms with E-state index in [2.05, 4.69) is 13.8 Å². The van der Waals surface area contributed by atoms with Gasteiger partial charge in [0, 0.05) is 7.11 Å². The topological polar surface area (TPSA) is 44.5 Å². The van der Waals surface area contributed by atoms with Crippen molar-refractivity contribution in [2.45, 2.75) is 51.2 Å². The minimum absolute atomic E-state index is 0.0437. The van der Waals surface area contributed by atoms with E-state index in [0.717, 1.165) is 32.3 Å². The molecule has 1 unspecified atom stereocenters. The van der Waals surface area contributed by atoms with Gasteiger partial charge in [-0.3, -0.25) is 0 Å². The monoisotopic (exact) mass is 213 g/mol. The number of nitrogens with two attached hydrogens (primary N) is 1. The summed E-state index contributed by atoms with van der Waals surface area (Å²) in [7, 11) is 1.75.